The van der Waals surface area contributed by atoms with Gasteiger partial charge < -0.3 is 10.3 Å². The summed E-state index contributed by atoms with van der Waals surface area (Å²) < 4.78 is 0. The zero-order valence-corrected chi connectivity index (χ0v) is 15.3. The largest absolute Gasteiger partial charge is 0.321 e. The second kappa shape index (κ2) is 7.79. The predicted molar refractivity (Wildman–Crippen MR) is 106 cm³/mol. The maximum absolute atomic E-state index is 12.5. The average molecular weight is 370 g/mol. The maximum atomic E-state index is 12.5. The van der Waals surface area contributed by atoms with Crippen LogP contribution < -0.4 is 5.32 Å². The van der Waals surface area contributed by atoms with E-state index in [2.05, 4.69) is 30.5 Å². The molecule has 28 heavy (non-hydrogen) atoms. The van der Waals surface area contributed by atoms with Gasteiger partial charge in [0.25, 0.3) is 5.91 Å². The summed E-state index contributed by atoms with van der Waals surface area (Å²) in [5.74, 6) is 0.839. The molecule has 7 nitrogen and oxygen atoms in total. The zero-order chi connectivity index (χ0) is 19.3. The Labute approximate surface area is 161 Å². The first-order valence-electron chi connectivity index (χ1n) is 8.83. The van der Waals surface area contributed by atoms with E-state index >= 15 is 0 Å². The molecule has 4 aromatic rings. The molecule has 3 heterocycles. The molecule has 0 fully saturated rings. The van der Waals surface area contributed by atoms with Gasteiger partial charge in [0.15, 0.2) is 0 Å². The number of hydrogen-bond acceptors (Lipinski definition) is 5. The molecular weight excluding hydrogens is 352 g/mol. The molecule has 7 heteroatoms. The number of amides is 1. The van der Waals surface area contributed by atoms with Crippen molar-refractivity contribution in [1.29, 1.82) is 0 Å². The molecule has 138 valence electrons. The normalized spacial score (nSPS) is 10.6. The molecule has 0 aliphatic carbocycles. The predicted octanol–water partition coefficient (Wildman–Crippen LogP) is 3.41. The van der Waals surface area contributed by atoms with Crippen molar-refractivity contribution in [2.45, 2.75) is 13.3 Å². The van der Waals surface area contributed by atoms with Crippen LogP contribution in [-0.2, 0) is 6.42 Å². The molecule has 4 rings (SSSR count). The molecule has 0 saturated heterocycles. The number of aromatic nitrogens is 5. The van der Waals surface area contributed by atoms with Crippen molar-refractivity contribution >= 4 is 11.7 Å². The number of benzene rings is 1. The lowest BCUT2D eigenvalue weighted by Gasteiger charge is -2.07. The Morgan fingerprint density at radius 1 is 1.07 bits per heavy atom. The van der Waals surface area contributed by atoms with Gasteiger partial charge in [-0.3, -0.25) is 9.78 Å². The molecule has 1 amide bonds. The summed E-state index contributed by atoms with van der Waals surface area (Å²) in [6.07, 6.45) is 5.78. The fourth-order valence-corrected chi connectivity index (χ4v) is 2.91. The van der Waals surface area contributed by atoms with E-state index in [4.69, 9.17) is 0 Å². The minimum atomic E-state index is -0.386. The quantitative estimate of drug-likeness (QED) is 0.561. The highest BCUT2D eigenvalue weighted by molar-refractivity contribution is 6.01. The van der Waals surface area contributed by atoms with E-state index in [-0.39, 0.29) is 11.7 Å². The number of H-pyrrole nitrogens is 1. The van der Waals surface area contributed by atoms with Crippen LogP contribution in [0.3, 0.4) is 0 Å². The number of carbonyl (C=O) groups is 1. The molecule has 0 aliphatic heterocycles. The number of rotatable bonds is 5. The second-order valence-corrected chi connectivity index (χ2v) is 6.36. The van der Waals surface area contributed by atoms with Crippen LogP contribution in [0.5, 0.6) is 0 Å². The molecule has 0 bridgehead atoms. The van der Waals surface area contributed by atoms with Gasteiger partial charge in [0.2, 0.25) is 5.82 Å². The van der Waals surface area contributed by atoms with Crippen LogP contribution in [0.1, 0.15) is 27.6 Å². The number of carbonyl (C=O) groups excluding carboxylic acids is 1. The summed E-state index contributed by atoms with van der Waals surface area (Å²) in [4.78, 5) is 23.8. The molecule has 2 N–H and O–H groups in total. The number of aromatic amines is 1. The monoisotopic (exact) mass is 370 g/mol. The lowest BCUT2D eigenvalue weighted by atomic mass is 10.0. The average Bonchev–Trinajstić information content (AvgIpc) is 3.18. The Balaban J connectivity index is 1.49. The summed E-state index contributed by atoms with van der Waals surface area (Å²) in [6, 6.07) is 15.5. The van der Waals surface area contributed by atoms with Crippen LogP contribution in [0.15, 0.2) is 67.1 Å². The van der Waals surface area contributed by atoms with E-state index in [0.717, 1.165) is 22.3 Å². The van der Waals surface area contributed by atoms with E-state index in [0.29, 0.717) is 18.1 Å². The highest BCUT2D eigenvalue weighted by atomic mass is 16.2. The van der Waals surface area contributed by atoms with Crippen molar-refractivity contribution in [2.24, 2.45) is 0 Å². The van der Waals surface area contributed by atoms with Crippen LogP contribution >= 0.6 is 0 Å². The van der Waals surface area contributed by atoms with Gasteiger partial charge in [-0.05, 0) is 47.4 Å². The van der Waals surface area contributed by atoms with Gasteiger partial charge in [0.05, 0.1) is 0 Å². The Hall–Kier alpha value is -3.87. The lowest BCUT2D eigenvalue weighted by molar-refractivity contribution is 0.101. The van der Waals surface area contributed by atoms with Gasteiger partial charge in [-0.15, -0.1) is 10.2 Å². The first-order chi connectivity index (χ1) is 13.7. The Morgan fingerprint density at radius 3 is 2.75 bits per heavy atom. The highest BCUT2D eigenvalue weighted by Crippen LogP contribution is 2.23. The number of pyridine rings is 2. The summed E-state index contributed by atoms with van der Waals surface area (Å²) in [5.41, 5.74) is 4.13. The highest BCUT2D eigenvalue weighted by Gasteiger charge is 2.13. The lowest BCUT2D eigenvalue weighted by Crippen LogP contribution is -2.14. The summed E-state index contributed by atoms with van der Waals surface area (Å²) >= 11 is 0. The minimum Gasteiger partial charge on any atom is -0.321 e. The van der Waals surface area contributed by atoms with Crippen LogP contribution in [0.25, 0.3) is 11.1 Å². The summed E-state index contributed by atoms with van der Waals surface area (Å²) in [5, 5.41) is 10.8. The van der Waals surface area contributed by atoms with Crippen molar-refractivity contribution in [1.82, 2.24) is 25.1 Å². The smallest absolute Gasteiger partial charge is 0.294 e. The second-order valence-electron chi connectivity index (χ2n) is 6.36. The molecule has 0 atom stereocenters. The molecule has 0 saturated carbocycles. The van der Waals surface area contributed by atoms with Crippen LogP contribution in [-0.4, -0.2) is 31.1 Å². The number of nitrogens with zero attached hydrogens (tertiary/aromatic N) is 4. The number of aryl methyl sites for hydroxylation is 1. The van der Waals surface area contributed by atoms with E-state index in [1.54, 1.807) is 18.6 Å². The fourth-order valence-electron chi connectivity index (χ4n) is 2.91. The molecule has 0 unspecified atom stereocenters. The van der Waals surface area contributed by atoms with Crippen molar-refractivity contribution in [3.8, 4) is 11.1 Å². The third-order valence-electron chi connectivity index (χ3n) is 4.30. The van der Waals surface area contributed by atoms with Gasteiger partial charge in [0, 0.05) is 25.0 Å². The van der Waals surface area contributed by atoms with Crippen LogP contribution in [0.2, 0.25) is 0 Å². The van der Waals surface area contributed by atoms with Crippen molar-refractivity contribution < 1.29 is 4.79 Å². The van der Waals surface area contributed by atoms with Crippen molar-refractivity contribution in [2.75, 3.05) is 5.32 Å². The standard InChI is InChI=1S/C21H18N6O/c1-14-13-22-9-8-17(14)16-7-10-23-18(12-16)25-21(28)20-24-19(26-27-20)11-15-5-3-2-4-6-15/h2-10,12-13H,11H2,1H3,(H,23,25,28)(H,24,26,27). The topological polar surface area (TPSA) is 96.5 Å². The first kappa shape index (κ1) is 17.5. The third-order valence-corrected chi connectivity index (χ3v) is 4.30. The molecule has 0 radical (unpaired) electrons. The van der Waals surface area contributed by atoms with Crippen LogP contribution in [0, 0.1) is 6.92 Å². The van der Waals surface area contributed by atoms with E-state index < -0.39 is 0 Å². The van der Waals surface area contributed by atoms with E-state index in [9.17, 15) is 4.79 Å². The van der Waals surface area contributed by atoms with Crippen molar-refractivity contribution in [3.05, 3.63) is 89.9 Å². The van der Waals surface area contributed by atoms with Gasteiger partial charge in [0.1, 0.15) is 11.6 Å². The molecular formula is C21H18N6O. The number of hydrogen-bond donors (Lipinski definition) is 2. The SMILES string of the molecule is Cc1cnccc1-c1ccnc(NC(=O)c2nnc(Cc3ccccc3)[nH]2)c1. The molecule has 1 aromatic carbocycles. The first-order valence-corrected chi connectivity index (χ1v) is 8.83. The van der Waals surface area contributed by atoms with E-state index in [1.165, 1.54) is 0 Å². The summed E-state index contributed by atoms with van der Waals surface area (Å²) in [6.45, 7) is 1.99. The molecule has 0 spiro atoms. The van der Waals surface area contributed by atoms with Gasteiger partial charge in [-0.25, -0.2) is 4.98 Å². The maximum Gasteiger partial charge on any atom is 0.294 e. The van der Waals surface area contributed by atoms with Gasteiger partial charge >= 0.3 is 0 Å². The van der Waals surface area contributed by atoms with Crippen LogP contribution in [0.4, 0.5) is 5.82 Å². The molecule has 3 aromatic heterocycles. The van der Waals surface area contributed by atoms with Gasteiger partial charge in [-0.2, -0.15) is 0 Å². The Kier molecular flexibility index (Phi) is 4.88. The minimum absolute atomic E-state index is 0.151. The number of nitrogens with one attached hydrogen (secondary N) is 2. The zero-order valence-electron chi connectivity index (χ0n) is 15.3. The van der Waals surface area contributed by atoms with Crippen molar-refractivity contribution in [3.63, 3.8) is 0 Å². The fraction of sp³-hybridized carbons (Fsp3) is 0.0952. The Morgan fingerprint density at radius 2 is 1.93 bits per heavy atom. The Bertz CT molecular complexity index is 1110. The summed E-state index contributed by atoms with van der Waals surface area (Å²) in [7, 11) is 0. The third kappa shape index (κ3) is 3.93. The number of anilines is 1. The molecule has 0 aliphatic rings. The van der Waals surface area contributed by atoms with Gasteiger partial charge in [-0.1, -0.05) is 30.3 Å². The van der Waals surface area contributed by atoms with E-state index in [1.807, 2.05) is 55.5 Å².